The summed E-state index contributed by atoms with van der Waals surface area (Å²) < 4.78 is 4.96. The summed E-state index contributed by atoms with van der Waals surface area (Å²) in [5.41, 5.74) is 1.47. The first kappa shape index (κ1) is 22.1. The van der Waals surface area contributed by atoms with Gasteiger partial charge in [-0.1, -0.05) is 27.2 Å². The normalized spacial score (nSPS) is 13.5. The molecule has 0 aliphatic carbocycles. The Morgan fingerprint density at radius 1 is 1.29 bits per heavy atom. The van der Waals surface area contributed by atoms with Crippen molar-refractivity contribution in [3.8, 4) is 0 Å². The SMILES string of the molecule is CCC(CC(=O)NC(CCSC)C(=O)Nc1ccc2oc(=O)[nH]c2c1)C(C)C. The number of aromatic amines is 1. The van der Waals surface area contributed by atoms with Gasteiger partial charge in [-0.15, -0.1) is 0 Å². The molecule has 0 saturated heterocycles. The number of amides is 2. The molecular formula is C20H29N3O4S. The maximum atomic E-state index is 12.8. The van der Waals surface area contributed by atoms with E-state index in [0.717, 1.165) is 12.2 Å². The number of nitrogens with one attached hydrogen (secondary N) is 3. The molecule has 0 aliphatic heterocycles. The van der Waals surface area contributed by atoms with Crippen molar-refractivity contribution in [1.82, 2.24) is 10.3 Å². The smallest absolute Gasteiger partial charge is 0.408 e. The Labute approximate surface area is 169 Å². The number of thioether (sulfide) groups is 1. The predicted molar refractivity (Wildman–Crippen MR) is 114 cm³/mol. The number of oxazole rings is 1. The van der Waals surface area contributed by atoms with Gasteiger partial charge in [0.2, 0.25) is 11.8 Å². The number of carbonyl (C=O) groups excluding carboxylic acids is 2. The van der Waals surface area contributed by atoms with Crippen molar-refractivity contribution in [3.05, 3.63) is 28.7 Å². The van der Waals surface area contributed by atoms with Crippen LogP contribution in [0, 0.1) is 11.8 Å². The number of hydrogen-bond donors (Lipinski definition) is 3. The molecule has 2 atom stereocenters. The molecule has 2 aromatic rings. The van der Waals surface area contributed by atoms with Crippen molar-refractivity contribution >= 4 is 40.4 Å². The fraction of sp³-hybridized carbons (Fsp3) is 0.550. The molecule has 8 heteroatoms. The van der Waals surface area contributed by atoms with E-state index in [0.29, 0.717) is 41.5 Å². The van der Waals surface area contributed by atoms with E-state index in [1.807, 2.05) is 6.26 Å². The number of hydrogen-bond acceptors (Lipinski definition) is 5. The van der Waals surface area contributed by atoms with Gasteiger partial charge in [-0.3, -0.25) is 14.6 Å². The van der Waals surface area contributed by atoms with Crippen molar-refractivity contribution in [2.24, 2.45) is 11.8 Å². The highest BCUT2D eigenvalue weighted by Gasteiger charge is 2.23. The van der Waals surface area contributed by atoms with Gasteiger partial charge in [0.15, 0.2) is 5.58 Å². The lowest BCUT2D eigenvalue weighted by Crippen LogP contribution is -2.44. The van der Waals surface area contributed by atoms with Crippen molar-refractivity contribution < 1.29 is 14.0 Å². The molecule has 2 amide bonds. The van der Waals surface area contributed by atoms with Crippen LogP contribution >= 0.6 is 11.8 Å². The van der Waals surface area contributed by atoms with Crippen LogP contribution in [0.2, 0.25) is 0 Å². The Hall–Kier alpha value is -2.22. The summed E-state index contributed by atoms with van der Waals surface area (Å²) >= 11 is 1.63. The highest BCUT2D eigenvalue weighted by Crippen LogP contribution is 2.19. The second-order valence-corrected chi connectivity index (χ2v) is 8.22. The Morgan fingerprint density at radius 3 is 2.68 bits per heavy atom. The number of H-pyrrole nitrogens is 1. The summed E-state index contributed by atoms with van der Waals surface area (Å²) in [5, 5.41) is 5.71. The number of aromatic nitrogens is 1. The lowest BCUT2D eigenvalue weighted by molar-refractivity contribution is -0.127. The molecule has 0 aliphatic rings. The fourth-order valence-electron chi connectivity index (χ4n) is 3.11. The number of rotatable bonds is 10. The molecule has 28 heavy (non-hydrogen) atoms. The summed E-state index contributed by atoms with van der Waals surface area (Å²) in [6.45, 7) is 6.29. The molecule has 3 N–H and O–H groups in total. The number of benzene rings is 1. The zero-order valence-electron chi connectivity index (χ0n) is 16.8. The van der Waals surface area contributed by atoms with Gasteiger partial charge in [0.1, 0.15) is 6.04 Å². The highest BCUT2D eigenvalue weighted by molar-refractivity contribution is 7.98. The Bertz CT molecular complexity index is 858. The molecule has 0 fully saturated rings. The molecule has 154 valence electrons. The van der Waals surface area contributed by atoms with Crippen LogP contribution in [0.25, 0.3) is 11.1 Å². The predicted octanol–water partition coefficient (Wildman–Crippen LogP) is 3.37. The Kier molecular flexibility index (Phi) is 8.17. The summed E-state index contributed by atoms with van der Waals surface area (Å²) in [7, 11) is 0. The van der Waals surface area contributed by atoms with Crippen LogP contribution in [0.5, 0.6) is 0 Å². The third-order valence-electron chi connectivity index (χ3n) is 4.86. The van der Waals surface area contributed by atoms with Gasteiger partial charge in [-0.25, -0.2) is 4.79 Å². The summed E-state index contributed by atoms with van der Waals surface area (Å²) in [4.78, 5) is 39.1. The van der Waals surface area contributed by atoms with E-state index in [1.165, 1.54) is 0 Å². The monoisotopic (exact) mass is 407 g/mol. The van der Waals surface area contributed by atoms with E-state index in [-0.39, 0.29) is 11.8 Å². The van der Waals surface area contributed by atoms with Gasteiger partial charge < -0.3 is 15.1 Å². The first-order valence-corrected chi connectivity index (χ1v) is 11.0. The minimum atomic E-state index is -0.608. The zero-order valence-corrected chi connectivity index (χ0v) is 17.7. The van der Waals surface area contributed by atoms with Crippen LogP contribution in [0.3, 0.4) is 0 Å². The van der Waals surface area contributed by atoms with E-state index in [9.17, 15) is 14.4 Å². The largest absolute Gasteiger partial charge is 0.417 e. The quantitative estimate of drug-likeness (QED) is 0.560. The van der Waals surface area contributed by atoms with Crippen molar-refractivity contribution in [2.45, 2.75) is 46.1 Å². The summed E-state index contributed by atoms with van der Waals surface area (Å²) in [6, 6.07) is 4.31. The minimum Gasteiger partial charge on any atom is -0.408 e. The number of anilines is 1. The van der Waals surface area contributed by atoms with Gasteiger partial charge in [0.25, 0.3) is 0 Å². The molecule has 0 spiro atoms. The Balaban J connectivity index is 2.06. The van der Waals surface area contributed by atoms with Gasteiger partial charge in [0, 0.05) is 12.1 Å². The molecule has 0 bridgehead atoms. The molecule has 1 aromatic carbocycles. The van der Waals surface area contributed by atoms with Gasteiger partial charge in [-0.2, -0.15) is 11.8 Å². The van der Waals surface area contributed by atoms with E-state index >= 15 is 0 Å². The number of carbonyl (C=O) groups is 2. The molecular weight excluding hydrogens is 378 g/mol. The second-order valence-electron chi connectivity index (χ2n) is 7.23. The average Bonchev–Trinajstić information content (AvgIpc) is 3.02. The third-order valence-corrected chi connectivity index (χ3v) is 5.51. The van der Waals surface area contributed by atoms with Crippen LogP contribution in [0.15, 0.2) is 27.4 Å². The minimum absolute atomic E-state index is 0.101. The Morgan fingerprint density at radius 2 is 2.04 bits per heavy atom. The molecule has 2 unspecified atom stereocenters. The lowest BCUT2D eigenvalue weighted by atomic mass is 9.90. The van der Waals surface area contributed by atoms with Crippen molar-refractivity contribution in [3.63, 3.8) is 0 Å². The topological polar surface area (TPSA) is 104 Å². The van der Waals surface area contributed by atoms with Gasteiger partial charge in [0.05, 0.1) is 5.52 Å². The maximum absolute atomic E-state index is 12.8. The second kappa shape index (κ2) is 10.4. The van der Waals surface area contributed by atoms with Crippen LogP contribution in [-0.2, 0) is 9.59 Å². The van der Waals surface area contributed by atoms with Crippen LogP contribution in [-0.4, -0.2) is 34.8 Å². The molecule has 0 saturated carbocycles. The summed E-state index contributed by atoms with van der Waals surface area (Å²) in [5.74, 6) is 0.553. The molecule has 2 rings (SSSR count). The van der Waals surface area contributed by atoms with Crippen LogP contribution < -0.4 is 16.4 Å². The van der Waals surface area contributed by atoms with Crippen LogP contribution in [0.1, 0.15) is 40.0 Å². The zero-order chi connectivity index (χ0) is 20.7. The molecule has 1 heterocycles. The highest BCUT2D eigenvalue weighted by atomic mass is 32.2. The van der Waals surface area contributed by atoms with Crippen molar-refractivity contribution in [1.29, 1.82) is 0 Å². The van der Waals surface area contributed by atoms with E-state index in [4.69, 9.17) is 4.42 Å². The fourth-order valence-corrected chi connectivity index (χ4v) is 3.58. The standard InChI is InChI=1S/C20H29N3O4S/c1-5-13(12(2)3)10-18(24)22-15(8-9-28-4)19(25)21-14-6-7-17-16(11-14)23-20(26)27-17/h6-7,11-13,15H,5,8-10H2,1-4H3,(H,21,25)(H,22,24)(H,23,26). The number of fused-ring (bicyclic) bond motifs is 1. The lowest BCUT2D eigenvalue weighted by Gasteiger charge is -2.22. The molecule has 0 radical (unpaired) electrons. The van der Waals surface area contributed by atoms with E-state index in [2.05, 4.69) is 36.4 Å². The first-order chi connectivity index (χ1) is 13.3. The average molecular weight is 408 g/mol. The molecule has 1 aromatic heterocycles. The van der Waals surface area contributed by atoms with E-state index in [1.54, 1.807) is 30.0 Å². The van der Waals surface area contributed by atoms with E-state index < -0.39 is 11.8 Å². The maximum Gasteiger partial charge on any atom is 0.417 e. The van der Waals surface area contributed by atoms with Gasteiger partial charge in [-0.05, 0) is 48.5 Å². The summed E-state index contributed by atoms with van der Waals surface area (Å²) in [6.07, 6.45) is 3.85. The molecule has 7 nitrogen and oxygen atoms in total. The van der Waals surface area contributed by atoms with Gasteiger partial charge >= 0.3 is 5.76 Å². The van der Waals surface area contributed by atoms with Crippen LogP contribution in [0.4, 0.5) is 5.69 Å². The third kappa shape index (κ3) is 6.15. The first-order valence-electron chi connectivity index (χ1n) is 9.56. The van der Waals surface area contributed by atoms with Crippen molar-refractivity contribution in [2.75, 3.05) is 17.3 Å².